The van der Waals surface area contributed by atoms with Crippen LogP contribution in [0.3, 0.4) is 0 Å². The quantitative estimate of drug-likeness (QED) is 0.633. The van der Waals surface area contributed by atoms with Crippen molar-refractivity contribution >= 4 is 23.4 Å². The average Bonchev–Trinajstić information content (AvgIpc) is 3.49. The molecule has 0 saturated carbocycles. The van der Waals surface area contributed by atoms with Crippen molar-refractivity contribution in [2.24, 2.45) is 0 Å². The van der Waals surface area contributed by atoms with Crippen LogP contribution in [-0.2, 0) is 4.79 Å². The third-order valence-corrected chi connectivity index (χ3v) is 6.45. The molecule has 1 saturated heterocycles. The predicted molar refractivity (Wildman–Crippen MR) is 124 cm³/mol. The molecular formula is C26H21N3O5. The Morgan fingerprint density at radius 3 is 2.56 bits per heavy atom. The molecule has 0 aliphatic carbocycles. The molecule has 8 nitrogen and oxygen atoms in total. The molecule has 170 valence electrons. The number of amides is 3. The van der Waals surface area contributed by atoms with Gasteiger partial charge in [-0.2, -0.15) is 0 Å². The zero-order valence-electron chi connectivity index (χ0n) is 18.1. The Balaban J connectivity index is 1.26. The highest BCUT2D eigenvalue weighted by Gasteiger charge is 2.43. The number of hydrogen-bond acceptors (Lipinski definition) is 5. The summed E-state index contributed by atoms with van der Waals surface area (Å²) in [7, 11) is 0. The van der Waals surface area contributed by atoms with Crippen LogP contribution in [0.4, 0.5) is 5.69 Å². The first-order chi connectivity index (χ1) is 16.6. The maximum Gasteiger partial charge on any atom is 0.256 e. The number of ether oxygens (including phenoxy) is 2. The fourth-order valence-electron chi connectivity index (χ4n) is 4.73. The number of benzene rings is 3. The lowest BCUT2D eigenvalue weighted by atomic mass is 10.0. The van der Waals surface area contributed by atoms with E-state index in [2.05, 4.69) is 10.6 Å². The SMILES string of the molecule is O=C(N[C@H]1C[C@H]2C(=O)Nc3ccc(-c4ccc5c(c4)OCO5)cc3C(=O)N2C1)c1ccccc1. The Morgan fingerprint density at radius 2 is 1.71 bits per heavy atom. The molecule has 34 heavy (non-hydrogen) atoms. The standard InChI is InChI=1S/C26H21N3O5/c30-24(15-4-2-1-3-5-15)27-18-12-21-25(31)28-20-8-6-16(10-19(20)26(32)29(21)13-18)17-7-9-22-23(11-17)34-14-33-22/h1-11,18,21H,12-14H2,(H,27,30)(H,28,31)/t18-,21-/m0/s1. The van der Waals surface area contributed by atoms with Crippen LogP contribution in [0.25, 0.3) is 11.1 Å². The van der Waals surface area contributed by atoms with Crippen LogP contribution in [0.2, 0.25) is 0 Å². The number of hydrogen-bond donors (Lipinski definition) is 2. The summed E-state index contributed by atoms with van der Waals surface area (Å²) in [5.74, 6) is 0.632. The summed E-state index contributed by atoms with van der Waals surface area (Å²) in [4.78, 5) is 40.6. The second kappa shape index (κ2) is 7.91. The van der Waals surface area contributed by atoms with Gasteiger partial charge in [0, 0.05) is 18.2 Å². The van der Waals surface area contributed by atoms with Crippen molar-refractivity contribution < 1.29 is 23.9 Å². The van der Waals surface area contributed by atoms with Gasteiger partial charge in [0.1, 0.15) is 6.04 Å². The lowest BCUT2D eigenvalue weighted by Gasteiger charge is -2.20. The molecule has 3 aliphatic rings. The van der Waals surface area contributed by atoms with Crippen molar-refractivity contribution in [3.05, 3.63) is 77.9 Å². The van der Waals surface area contributed by atoms with Crippen LogP contribution in [0, 0.1) is 0 Å². The summed E-state index contributed by atoms with van der Waals surface area (Å²) in [5.41, 5.74) is 3.14. The van der Waals surface area contributed by atoms with Gasteiger partial charge in [0.05, 0.1) is 11.3 Å². The van der Waals surface area contributed by atoms with Crippen molar-refractivity contribution in [1.29, 1.82) is 0 Å². The first kappa shape index (κ1) is 20.3. The number of anilines is 1. The van der Waals surface area contributed by atoms with E-state index in [-0.39, 0.29) is 37.1 Å². The van der Waals surface area contributed by atoms with Gasteiger partial charge in [0.25, 0.3) is 11.8 Å². The highest BCUT2D eigenvalue weighted by molar-refractivity contribution is 6.11. The highest BCUT2D eigenvalue weighted by atomic mass is 16.7. The van der Waals surface area contributed by atoms with E-state index in [1.54, 1.807) is 41.3 Å². The van der Waals surface area contributed by atoms with Crippen molar-refractivity contribution in [3.63, 3.8) is 0 Å². The van der Waals surface area contributed by atoms with Gasteiger partial charge >= 0.3 is 0 Å². The van der Waals surface area contributed by atoms with Crippen LogP contribution >= 0.6 is 0 Å². The smallest absolute Gasteiger partial charge is 0.256 e. The Morgan fingerprint density at radius 1 is 0.941 bits per heavy atom. The zero-order valence-corrected chi connectivity index (χ0v) is 18.1. The van der Waals surface area contributed by atoms with E-state index in [0.29, 0.717) is 34.7 Å². The Kier molecular flexibility index (Phi) is 4.72. The molecule has 1 fully saturated rings. The van der Waals surface area contributed by atoms with Crippen LogP contribution in [-0.4, -0.2) is 48.0 Å². The van der Waals surface area contributed by atoms with Crippen LogP contribution in [0.15, 0.2) is 66.7 Å². The minimum absolute atomic E-state index is 0.186. The molecule has 3 amide bonds. The number of carbonyl (C=O) groups excluding carboxylic acids is 3. The molecule has 0 bridgehead atoms. The summed E-state index contributed by atoms with van der Waals surface area (Å²) in [6.45, 7) is 0.453. The fourth-order valence-corrected chi connectivity index (χ4v) is 4.73. The molecule has 6 rings (SSSR count). The molecule has 3 aromatic carbocycles. The van der Waals surface area contributed by atoms with Gasteiger partial charge in [-0.1, -0.05) is 30.3 Å². The van der Waals surface area contributed by atoms with Crippen LogP contribution < -0.4 is 20.1 Å². The Labute approximate surface area is 195 Å². The van der Waals surface area contributed by atoms with Gasteiger partial charge in [0.15, 0.2) is 11.5 Å². The molecule has 0 unspecified atom stereocenters. The normalized spacial score (nSPS) is 20.3. The average molecular weight is 455 g/mol. The largest absolute Gasteiger partial charge is 0.454 e. The molecule has 2 atom stereocenters. The first-order valence-electron chi connectivity index (χ1n) is 11.1. The molecule has 3 aromatic rings. The van der Waals surface area contributed by atoms with E-state index in [4.69, 9.17) is 9.47 Å². The van der Waals surface area contributed by atoms with Crippen LogP contribution in [0.1, 0.15) is 27.1 Å². The third-order valence-electron chi connectivity index (χ3n) is 6.45. The first-order valence-corrected chi connectivity index (χ1v) is 11.1. The van der Waals surface area contributed by atoms with Gasteiger partial charge in [-0.15, -0.1) is 0 Å². The maximum absolute atomic E-state index is 13.5. The minimum atomic E-state index is -0.644. The van der Waals surface area contributed by atoms with E-state index in [1.807, 2.05) is 30.3 Å². The summed E-state index contributed by atoms with van der Waals surface area (Å²) in [5, 5.41) is 5.85. The van der Waals surface area contributed by atoms with Crippen LogP contribution in [0.5, 0.6) is 11.5 Å². The number of nitrogens with one attached hydrogen (secondary N) is 2. The monoisotopic (exact) mass is 455 g/mol. The summed E-state index contributed by atoms with van der Waals surface area (Å²) in [6, 6.07) is 19.0. The van der Waals surface area contributed by atoms with E-state index in [0.717, 1.165) is 11.1 Å². The zero-order chi connectivity index (χ0) is 23.2. The molecule has 0 radical (unpaired) electrons. The van der Waals surface area contributed by atoms with E-state index in [1.165, 1.54) is 0 Å². The molecule has 2 N–H and O–H groups in total. The van der Waals surface area contributed by atoms with Gasteiger partial charge in [-0.3, -0.25) is 14.4 Å². The number of rotatable bonds is 3. The minimum Gasteiger partial charge on any atom is -0.454 e. The van der Waals surface area contributed by atoms with E-state index >= 15 is 0 Å². The second-order valence-electron chi connectivity index (χ2n) is 8.56. The van der Waals surface area contributed by atoms with E-state index in [9.17, 15) is 14.4 Å². The topological polar surface area (TPSA) is 97.0 Å². The summed E-state index contributed by atoms with van der Waals surface area (Å²) < 4.78 is 10.8. The lowest BCUT2D eigenvalue weighted by Crippen LogP contribution is -2.41. The van der Waals surface area contributed by atoms with Crippen molar-refractivity contribution in [2.75, 3.05) is 18.7 Å². The predicted octanol–water partition coefficient (Wildman–Crippen LogP) is 3.05. The van der Waals surface area contributed by atoms with Gasteiger partial charge in [-0.05, 0) is 53.9 Å². The molecule has 3 aliphatic heterocycles. The molecule has 3 heterocycles. The van der Waals surface area contributed by atoms with Crippen molar-refractivity contribution in [3.8, 4) is 22.6 Å². The number of fused-ring (bicyclic) bond motifs is 3. The molecular weight excluding hydrogens is 434 g/mol. The third kappa shape index (κ3) is 3.44. The van der Waals surface area contributed by atoms with Crippen molar-refractivity contribution in [1.82, 2.24) is 10.2 Å². The van der Waals surface area contributed by atoms with Gasteiger partial charge in [0.2, 0.25) is 12.7 Å². The van der Waals surface area contributed by atoms with Gasteiger partial charge < -0.3 is 25.0 Å². The Hall–Kier alpha value is -4.33. The van der Waals surface area contributed by atoms with Gasteiger partial charge in [-0.25, -0.2) is 0 Å². The fraction of sp³-hybridized carbons (Fsp3) is 0.192. The molecule has 0 spiro atoms. The second-order valence-corrected chi connectivity index (χ2v) is 8.56. The summed E-state index contributed by atoms with van der Waals surface area (Å²) in [6.07, 6.45) is 0.360. The molecule has 0 aromatic heterocycles. The van der Waals surface area contributed by atoms with E-state index < -0.39 is 6.04 Å². The maximum atomic E-state index is 13.5. The summed E-state index contributed by atoms with van der Waals surface area (Å²) >= 11 is 0. The van der Waals surface area contributed by atoms with Crippen molar-refractivity contribution in [2.45, 2.75) is 18.5 Å². The number of nitrogens with zero attached hydrogens (tertiary/aromatic N) is 1. The molecule has 8 heteroatoms. The Bertz CT molecular complexity index is 1320. The highest BCUT2D eigenvalue weighted by Crippen LogP contribution is 2.37. The lowest BCUT2D eigenvalue weighted by molar-refractivity contribution is -0.119. The number of carbonyl (C=O) groups is 3.